The monoisotopic (exact) mass is 384 g/mol. The van der Waals surface area contributed by atoms with E-state index in [1.165, 1.54) is 0 Å². The fourth-order valence-corrected chi connectivity index (χ4v) is 4.47. The number of amides is 1. The molecule has 0 radical (unpaired) electrons. The molecule has 1 rings (SSSR count). The van der Waals surface area contributed by atoms with Crippen molar-refractivity contribution in [2.45, 2.75) is 98.9 Å². The maximum atomic E-state index is 12.4. The van der Waals surface area contributed by atoms with Gasteiger partial charge in [-0.2, -0.15) is 0 Å². The third kappa shape index (κ3) is 7.26. The predicted molar refractivity (Wildman–Crippen MR) is 112 cm³/mol. The highest BCUT2D eigenvalue weighted by molar-refractivity contribution is 5.68. The van der Waals surface area contributed by atoms with Gasteiger partial charge in [0, 0.05) is 19.0 Å². The van der Waals surface area contributed by atoms with Gasteiger partial charge in [-0.05, 0) is 65.3 Å². The molecule has 1 amide bonds. The van der Waals surface area contributed by atoms with Crippen molar-refractivity contribution < 1.29 is 14.3 Å². The lowest BCUT2D eigenvalue weighted by atomic mass is 9.69. The van der Waals surface area contributed by atoms with E-state index in [0.717, 1.165) is 19.3 Å². The number of nitrogens with zero attached hydrogens (tertiary/aromatic N) is 1. The van der Waals surface area contributed by atoms with Crippen LogP contribution in [0.5, 0.6) is 0 Å². The van der Waals surface area contributed by atoms with Crippen LogP contribution in [-0.4, -0.2) is 47.9 Å². The second-order valence-electron chi connectivity index (χ2n) is 10.7. The first-order valence-corrected chi connectivity index (χ1v) is 10.6. The van der Waals surface area contributed by atoms with Gasteiger partial charge in [-0.25, -0.2) is 4.79 Å². The number of ether oxygens (including phenoxy) is 2. The highest BCUT2D eigenvalue weighted by Crippen LogP contribution is 2.41. The Morgan fingerprint density at radius 1 is 1.15 bits per heavy atom. The van der Waals surface area contributed by atoms with Gasteiger partial charge in [-0.15, -0.1) is 0 Å². The Hall–Kier alpha value is -0.810. The molecule has 160 valence electrons. The van der Waals surface area contributed by atoms with Crippen LogP contribution in [-0.2, 0) is 9.47 Å². The van der Waals surface area contributed by atoms with Crippen LogP contribution in [0.1, 0.15) is 81.6 Å². The molecule has 0 aromatic heterocycles. The topological polar surface area (TPSA) is 64.8 Å². The Labute approximate surface area is 167 Å². The van der Waals surface area contributed by atoms with Gasteiger partial charge in [0.1, 0.15) is 5.60 Å². The zero-order valence-corrected chi connectivity index (χ0v) is 19.2. The number of hydrogen-bond donors (Lipinski definition) is 1. The first-order chi connectivity index (χ1) is 12.2. The minimum absolute atomic E-state index is 0.0744. The zero-order chi connectivity index (χ0) is 21.0. The second kappa shape index (κ2) is 9.13. The summed E-state index contributed by atoms with van der Waals surface area (Å²) >= 11 is 0. The van der Waals surface area contributed by atoms with E-state index in [1.807, 2.05) is 20.8 Å². The molecule has 0 aliphatic carbocycles. The van der Waals surface area contributed by atoms with Crippen molar-refractivity contribution in [2.75, 3.05) is 19.6 Å². The Kier molecular flexibility index (Phi) is 8.19. The number of carbonyl (C=O) groups excluding carboxylic acids is 1. The van der Waals surface area contributed by atoms with Gasteiger partial charge in [-0.1, -0.05) is 34.1 Å². The van der Waals surface area contributed by atoms with Gasteiger partial charge in [0.15, 0.2) is 0 Å². The quantitative estimate of drug-likeness (QED) is 0.712. The van der Waals surface area contributed by atoms with Crippen molar-refractivity contribution in [1.82, 2.24) is 4.90 Å². The average molecular weight is 385 g/mol. The average Bonchev–Trinajstić information content (AvgIpc) is 2.49. The first-order valence-electron chi connectivity index (χ1n) is 10.6. The molecule has 0 aromatic carbocycles. The van der Waals surface area contributed by atoms with Crippen LogP contribution in [0.2, 0.25) is 0 Å². The van der Waals surface area contributed by atoms with E-state index in [9.17, 15) is 4.79 Å². The third-order valence-corrected chi connectivity index (χ3v) is 5.54. The van der Waals surface area contributed by atoms with Crippen molar-refractivity contribution in [3.63, 3.8) is 0 Å². The van der Waals surface area contributed by atoms with E-state index >= 15 is 0 Å². The molecule has 27 heavy (non-hydrogen) atoms. The molecular formula is C22H44N2O3. The van der Waals surface area contributed by atoms with Gasteiger partial charge in [-0.3, -0.25) is 0 Å². The fraction of sp³-hybridized carbons (Fsp3) is 0.955. The molecule has 1 heterocycles. The molecule has 1 aliphatic rings. The molecule has 5 heteroatoms. The molecule has 0 saturated carbocycles. The number of carbonyl (C=O) groups is 1. The minimum Gasteiger partial charge on any atom is -0.444 e. The number of likely N-dealkylation sites (tertiary alicyclic amines) is 1. The van der Waals surface area contributed by atoms with Crippen LogP contribution in [0.25, 0.3) is 0 Å². The first kappa shape index (κ1) is 24.2. The summed E-state index contributed by atoms with van der Waals surface area (Å²) in [5.41, 5.74) is 5.52. The lowest BCUT2D eigenvalue weighted by Crippen LogP contribution is -2.54. The van der Waals surface area contributed by atoms with Crippen molar-refractivity contribution in [3.05, 3.63) is 0 Å². The van der Waals surface area contributed by atoms with Crippen molar-refractivity contribution in [3.8, 4) is 0 Å². The summed E-state index contributed by atoms with van der Waals surface area (Å²) in [5.74, 6) is 0.588. The van der Waals surface area contributed by atoms with Crippen molar-refractivity contribution in [2.24, 2.45) is 23.0 Å². The van der Waals surface area contributed by atoms with Gasteiger partial charge in [0.2, 0.25) is 0 Å². The largest absolute Gasteiger partial charge is 0.444 e. The molecule has 0 spiro atoms. The fourth-order valence-electron chi connectivity index (χ4n) is 4.47. The number of hydrogen-bond acceptors (Lipinski definition) is 4. The Morgan fingerprint density at radius 2 is 1.74 bits per heavy atom. The van der Waals surface area contributed by atoms with Crippen LogP contribution in [0.15, 0.2) is 0 Å². The van der Waals surface area contributed by atoms with Gasteiger partial charge in [0.25, 0.3) is 0 Å². The zero-order valence-electron chi connectivity index (χ0n) is 19.2. The lowest BCUT2D eigenvalue weighted by Gasteiger charge is -2.47. The van der Waals surface area contributed by atoms with Crippen molar-refractivity contribution >= 4 is 6.09 Å². The second-order valence-corrected chi connectivity index (χ2v) is 10.7. The number of piperidine rings is 1. The van der Waals surface area contributed by atoms with E-state index < -0.39 is 5.60 Å². The third-order valence-electron chi connectivity index (χ3n) is 5.54. The van der Waals surface area contributed by atoms with Crippen LogP contribution in [0.3, 0.4) is 0 Å². The summed E-state index contributed by atoms with van der Waals surface area (Å²) in [6.45, 7) is 21.0. The van der Waals surface area contributed by atoms with Crippen LogP contribution in [0, 0.1) is 17.3 Å². The number of rotatable bonds is 6. The Morgan fingerprint density at radius 3 is 2.19 bits per heavy atom. The summed E-state index contributed by atoms with van der Waals surface area (Å²) in [5, 5.41) is 0. The van der Waals surface area contributed by atoms with E-state index in [0.29, 0.717) is 25.6 Å². The maximum Gasteiger partial charge on any atom is 0.410 e. The SMILES string of the molecule is CCCC(C(C)(C)C)C(C)(C)OC1CCN(C(=O)OC(C)(C)C)CC1CN. The normalized spacial score (nSPS) is 23.3. The highest BCUT2D eigenvalue weighted by atomic mass is 16.6. The highest BCUT2D eigenvalue weighted by Gasteiger charge is 2.42. The molecule has 0 aromatic rings. The minimum atomic E-state index is -0.481. The van der Waals surface area contributed by atoms with Gasteiger partial charge in [0.05, 0.1) is 11.7 Å². The van der Waals surface area contributed by atoms with E-state index in [2.05, 4.69) is 41.5 Å². The van der Waals surface area contributed by atoms with Crippen molar-refractivity contribution in [1.29, 1.82) is 0 Å². The molecule has 1 saturated heterocycles. The molecule has 3 atom stereocenters. The number of nitrogens with two attached hydrogens (primary N) is 1. The Balaban J connectivity index is 2.83. The molecule has 1 aliphatic heterocycles. The molecular weight excluding hydrogens is 340 g/mol. The summed E-state index contributed by atoms with van der Waals surface area (Å²) < 4.78 is 12.2. The summed E-state index contributed by atoms with van der Waals surface area (Å²) in [4.78, 5) is 14.2. The standard InChI is InChI=1S/C22H44N2O3/c1-10-11-18(20(2,3)4)22(8,9)26-17-12-13-24(15-16(17)14-23)19(25)27-21(5,6)7/h16-18H,10-15,23H2,1-9H3. The smallest absolute Gasteiger partial charge is 0.410 e. The molecule has 2 N–H and O–H groups in total. The summed E-state index contributed by atoms with van der Waals surface area (Å²) in [6.07, 6.45) is 2.91. The molecule has 3 unspecified atom stereocenters. The molecule has 5 nitrogen and oxygen atoms in total. The van der Waals surface area contributed by atoms with Crippen LogP contribution >= 0.6 is 0 Å². The predicted octanol–water partition coefficient (Wildman–Crippen LogP) is 4.83. The van der Waals surface area contributed by atoms with Gasteiger partial charge >= 0.3 is 6.09 Å². The van der Waals surface area contributed by atoms with E-state index in [-0.39, 0.29) is 29.1 Å². The van der Waals surface area contributed by atoms with Crippen LogP contribution in [0.4, 0.5) is 4.79 Å². The summed E-state index contributed by atoms with van der Waals surface area (Å²) in [7, 11) is 0. The summed E-state index contributed by atoms with van der Waals surface area (Å²) in [6, 6.07) is 0. The molecule has 0 bridgehead atoms. The lowest BCUT2D eigenvalue weighted by molar-refractivity contribution is -0.159. The Bertz CT molecular complexity index is 477. The molecule has 1 fully saturated rings. The van der Waals surface area contributed by atoms with Gasteiger partial charge < -0.3 is 20.1 Å². The maximum absolute atomic E-state index is 12.4. The van der Waals surface area contributed by atoms with Crippen LogP contribution < -0.4 is 5.73 Å². The van der Waals surface area contributed by atoms with E-state index in [4.69, 9.17) is 15.2 Å². The van der Waals surface area contributed by atoms with E-state index in [1.54, 1.807) is 4.90 Å².